The topological polar surface area (TPSA) is 84.0 Å². The Morgan fingerprint density at radius 3 is 2.54 bits per heavy atom. The monoisotopic (exact) mass is 364 g/mol. The van der Waals surface area contributed by atoms with Crippen LogP contribution in [0.4, 0.5) is 10.8 Å². The number of pyridine rings is 1. The van der Waals surface area contributed by atoms with Gasteiger partial charge in [-0.15, -0.1) is 11.3 Å². The molecule has 1 fully saturated rings. The summed E-state index contributed by atoms with van der Waals surface area (Å²) in [6.45, 7) is 0. The van der Waals surface area contributed by atoms with Crippen LogP contribution in [0.5, 0.6) is 0 Å². The van der Waals surface area contributed by atoms with Crippen LogP contribution in [-0.2, 0) is 4.79 Å². The van der Waals surface area contributed by atoms with Crippen LogP contribution in [0, 0.1) is 5.92 Å². The van der Waals surface area contributed by atoms with E-state index in [0.29, 0.717) is 10.8 Å². The van der Waals surface area contributed by atoms with Gasteiger partial charge in [0.1, 0.15) is 5.69 Å². The van der Waals surface area contributed by atoms with Gasteiger partial charge in [-0.2, -0.15) is 0 Å². The number of benzene rings is 1. The first-order valence-electron chi connectivity index (χ1n) is 8.28. The van der Waals surface area contributed by atoms with Crippen molar-refractivity contribution in [1.29, 1.82) is 0 Å². The average molecular weight is 364 g/mol. The molecular weight excluding hydrogens is 348 g/mol. The van der Waals surface area contributed by atoms with E-state index in [9.17, 15) is 9.59 Å². The highest BCUT2D eigenvalue weighted by molar-refractivity contribution is 7.14. The van der Waals surface area contributed by atoms with Gasteiger partial charge in [-0.05, 0) is 37.1 Å². The zero-order valence-corrected chi connectivity index (χ0v) is 14.6. The van der Waals surface area contributed by atoms with Gasteiger partial charge >= 0.3 is 0 Å². The Kier molecular flexibility index (Phi) is 4.45. The molecular formula is C19H16N4O2S. The van der Waals surface area contributed by atoms with Crippen LogP contribution in [0.1, 0.15) is 23.3 Å². The minimum atomic E-state index is -0.287. The van der Waals surface area contributed by atoms with Crippen molar-refractivity contribution in [3.8, 4) is 11.3 Å². The number of carbonyl (C=O) groups is 2. The molecule has 0 atom stereocenters. The van der Waals surface area contributed by atoms with Crippen LogP contribution in [-0.4, -0.2) is 21.8 Å². The first-order chi connectivity index (χ1) is 12.7. The molecule has 2 aromatic heterocycles. The SMILES string of the molecule is O=C(Nc1nc(-c2ccc(NC(=O)C3CC3)cc2)cs1)c1ccccn1. The maximum absolute atomic E-state index is 12.1. The van der Waals surface area contributed by atoms with Gasteiger partial charge in [0.2, 0.25) is 5.91 Å². The molecule has 0 bridgehead atoms. The van der Waals surface area contributed by atoms with Crippen LogP contribution < -0.4 is 10.6 Å². The molecule has 0 saturated heterocycles. The van der Waals surface area contributed by atoms with Gasteiger partial charge in [-0.1, -0.05) is 18.2 Å². The molecule has 1 aliphatic carbocycles. The summed E-state index contributed by atoms with van der Waals surface area (Å²) in [5, 5.41) is 8.06. The maximum atomic E-state index is 12.1. The molecule has 0 unspecified atom stereocenters. The molecule has 26 heavy (non-hydrogen) atoms. The Morgan fingerprint density at radius 2 is 1.85 bits per heavy atom. The fraction of sp³-hybridized carbons (Fsp3) is 0.158. The number of anilines is 2. The summed E-state index contributed by atoms with van der Waals surface area (Å²) in [6.07, 6.45) is 3.54. The number of rotatable bonds is 5. The number of hydrogen-bond donors (Lipinski definition) is 2. The van der Waals surface area contributed by atoms with E-state index in [2.05, 4.69) is 20.6 Å². The predicted octanol–water partition coefficient (Wildman–Crippen LogP) is 3.81. The first kappa shape index (κ1) is 16.4. The number of nitrogens with one attached hydrogen (secondary N) is 2. The molecule has 3 aromatic rings. The second kappa shape index (κ2) is 7.05. The summed E-state index contributed by atoms with van der Waals surface area (Å²) < 4.78 is 0. The third-order valence-corrected chi connectivity index (χ3v) is 4.78. The van der Waals surface area contributed by atoms with Gasteiger partial charge in [0.25, 0.3) is 5.91 Å². The summed E-state index contributed by atoms with van der Waals surface area (Å²) in [6, 6.07) is 12.7. The lowest BCUT2D eigenvalue weighted by molar-refractivity contribution is -0.117. The van der Waals surface area contributed by atoms with Crippen LogP contribution in [0.2, 0.25) is 0 Å². The lowest BCUT2D eigenvalue weighted by Crippen LogP contribution is -2.13. The number of carbonyl (C=O) groups excluding carboxylic acids is 2. The summed E-state index contributed by atoms with van der Waals surface area (Å²) in [5.41, 5.74) is 2.82. The third kappa shape index (κ3) is 3.78. The lowest BCUT2D eigenvalue weighted by Gasteiger charge is -2.05. The Balaban J connectivity index is 1.42. The van der Waals surface area contributed by atoms with Crippen molar-refractivity contribution in [2.24, 2.45) is 5.92 Å². The van der Waals surface area contributed by atoms with Crippen LogP contribution in [0.15, 0.2) is 54.0 Å². The highest BCUT2D eigenvalue weighted by Crippen LogP contribution is 2.31. The van der Waals surface area contributed by atoms with Crippen molar-refractivity contribution in [3.05, 3.63) is 59.7 Å². The molecule has 6 nitrogen and oxygen atoms in total. The number of thiazole rings is 1. The van der Waals surface area contributed by atoms with Gasteiger partial charge in [-0.3, -0.25) is 19.9 Å². The van der Waals surface area contributed by atoms with E-state index in [1.165, 1.54) is 11.3 Å². The number of nitrogens with zero attached hydrogens (tertiary/aromatic N) is 2. The Labute approximate surface area is 154 Å². The fourth-order valence-electron chi connectivity index (χ4n) is 2.44. The molecule has 2 N–H and O–H groups in total. The zero-order chi connectivity index (χ0) is 17.9. The van der Waals surface area contributed by atoms with Gasteiger partial charge in [0.05, 0.1) is 5.69 Å². The molecule has 1 aliphatic rings. The van der Waals surface area contributed by atoms with E-state index < -0.39 is 0 Å². The van der Waals surface area contributed by atoms with Crippen molar-refractivity contribution in [3.63, 3.8) is 0 Å². The van der Waals surface area contributed by atoms with Crippen molar-refractivity contribution in [2.75, 3.05) is 10.6 Å². The van der Waals surface area contributed by atoms with Crippen molar-refractivity contribution >= 4 is 34.0 Å². The molecule has 7 heteroatoms. The van der Waals surface area contributed by atoms with Gasteiger partial charge < -0.3 is 5.32 Å². The maximum Gasteiger partial charge on any atom is 0.276 e. The standard InChI is InChI=1S/C19H16N4O2S/c24-17(13-4-5-13)21-14-8-6-12(7-9-14)16-11-26-19(22-16)23-18(25)15-3-1-2-10-20-15/h1-3,6-11,13H,4-5H2,(H,21,24)(H,22,23,25). The summed E-state index contributed by atoms with van der Waals surface area (Å²) in [5.74, 6) is -0.0194. The Bertz CT molecular complexity index is 934. The minimum Gasteiger partial charge on any atom is -0.326 e. The van der Waals surface area contributed by atoms with E-state index in [1.54, 1.807) is 24.4 Å². The van der Waals surface area contributed by atoms with Crippen molar-refractivity contribution < 1.29 is 9.59 Å². The Morgan fingerprint density at radius 1 is 1.04 bits per heavy atom. The molecule has 1 aromatic carbocycles. The largest absolute Gasteiger partial charge is 0.326 e. The smallest absolute Gasteiger partial charge is 0.276 e. The van der Waals surface area contributed by atoms with E-state index in [1.807, 2.05) is 29.6 Å². The average Bonchev–Trinajstić information content (AvgIpc) is 3.43. The quantitative estimate of drug-likeness (QED) is 0.721. The van der Waals surface area contributed by atoms with E-state index in [0.717, 1.165) is 29.8 Å². The number of amides is 2. The normalized spacial score (nSPS) is 13.2. The lowest BCUT2D eigenvalue weighted by atomic mass is 10.1. The summed E-state index contributed by atoms with van der Waals surface area (Å²) >= 11 is 1.35. The van der Waals surface area contributed by atoms with Crippen LogP contribution >= 0.6 is 11.3 Å². The minimum absolute atomic E-state index is 0.0888. The fourth-order valence-corrected chi connectivity index (χ4v) is 3.15. The van der Waals surface area contributed by atoms with Crippen molar-refractivity contribution in [2.45, 2.75) is 12.8 Å². The zero-order valence-electron chi connectivity index (χ0n) is 13.8. The predicted molar refractivity (Wildman–Crippen MR) is 101 cm³/mol. The molecule has 130 valence electrons. The van der Waals surface area contributed by atoms with Crippen LogP contribution in [0.3, 0.4) is 0 Å². The Hall–Kier alpha value is -3.06. The van der Waals surface area contributed by atoms with E-state index in [4.69, 9.17) is 0 Å². The molecule has 0 aliphatic heterocycles. The summed E-state index contributed by atoms with van der Waals surface area (Å²) in [4.78, 5) is 32.4. The number of hydrogen-bond acceptors (Lipinski definition) is 5. The summed E-state index contributed by atoms with van der Waals surface area (Å²) in [7, 11) is 0. The van der Waals surface area contributed by atoms with Crippen molar-refractivity contribution in [1.82, 2.24) is 9.97 Å². The second-order valence-corrected chi connectivity index (χ2v) is 6.91. The van der Waals surface area contributed by atoms with Gasteiger partial charge in [0, 0.05) is 28.7 Å². The second-order valence-electron chi connectivity index (χ2n) is 6.05. The molecule has 2 amide bonds. The third-order valence-electron chi connectivity index (χ3n) is 4.02. The highest BCUT2D eigenvalue weighted by atomic mass is 32.1. The van der Waals surface area contributed by atoms with E-state index in [-0.39, 0.29) is 17.7 Å². The molecule has 1 saturated carbocycles. The number of aromatic nitrogens is 2. The molecule has 0 spiro atoms. The highest BCUT2D eigenvalue weighted by Gasteiger charge is 2.29. The molecule has 4 rings (SSSR count). The molecule has 2 heterocycles. The van der Waals surface area contributed by atoms with Gasteiger partial charge in [-0.25, -0.2) is 4.98 Å². The first-order valence-corrected chi connectivity index (χ1v) is 9.16. The molecule has 0 radical (unpaired) electrons. The van der Waals surface area contributed by atoms with Gasteiger partial charge in [0.15, 0.2) is 5.13 Å². The van der Waals surface area contributed by atoms with E-state index >= 15 is 0 Å². The van der Waals surface area contributed by atoms with Crippen LogP contribution in [0.25, 0.3) is 11.3 Å².